The molecule has 0 saturated carbocycles. The minimum Gasteiger partial charge on any atom is -0.416 e. The fourth-order valence-corrected chi connectivity index (χ4v) is 3.92. The lowest BCUT2D eigenvalue weighted by molar-refractivity contribution is 0.0981. The van der Waals surface area contributed by atoms with Crippen LogP contribution >= 0.6 is 0 Å². The molecule has 3 heteroatoms. The quantitative estimate of drug-likeness (QED) is 0.756. The molecule has 1 radical (unpaired) electrons. The average molecular weight is 305 g/mol. The molecule has 117 valence electrons. The molecule has 1 aromatic carbocycles. The lowest BCUT2D eigenvalue weighted by atomic mass is 9.76. The molecule has 1 aliphatic heterocycles. The lowest BCUT2D eigenvalue weighted by Gasteiger charge is -2.35. The molecule has 0 amide bonds. The Morgan fingerprint density at radius 1 is 1.19 bits per heavy atom. The van der Waals surface area contributed by atoms with Gasteiger partial charge in [0, 0.05) is 19.2 Å². The Labute approximate surface area is 132 Å². The molecule has 2 unspecified atom stereocenters. The summed E-state index contributed by atoms with van der Waals surface area (Å²) in [7, 11) is -0.612. The molecule has 1 fully saturated rings. The van der Waals surface area contributed by atoms with E-state index in [1.807, 2.05) is 0 Å². The third-order valence-corrected chi connectivity index (χ3v) is 5.29. The number of rotatable bonds is 5. The highest BCUT2D eigenvalue weighted by Gasteiger charge is 2.40. The minimum absolute atomic E-state index is 0.355. The molecule has 21 heavy (non-hydrogen) atoms. The first-order valence-corrected chi connectivity index (χ1v) is 10.5. The Hall–Kier alpha value is -0.643. The highest BCUT2D eigenvalue weighted by Crippen LogP contribution is 2.39. The number of benzene rings is 1. The summed E-state index contributed by atoms with van der Waals surface area (Å²) in [5.74, 6) is 0.725. The van der Waals surface area contributed by atoms with Gasteiger partial charge in [0.1, 0.15) is 0 Å². The van der Waals surface area contributed by atoms with Gasteiger partial charge in [0.05, 0.1) is 0 Å². The van der Waals surface area contributed by atoms with Gasteiger partial charge in [0.25, 0.3) is 0 Å². The summed E-state index contributed by atoms with van der Waals surface area (Å²) in [4.78, 5) is 2.63. The summed E-state index contributed by atoms with van der Waals surface area (Å²) in [6.45, 7) is 14.7. The molecule has 2 atom stereocenters. The molecule has 0 spiro atoms. The fraction of sp³-hybridized carbons (Fsp3) is 0.667. The van der Waals surface area contributed by atoms with Crippen molar-refractivity contribution in [1.82, 2.24) is 4.90 Å². The van der Waals surface area contributed by atoms with Crippen LogP contribution in [0.1, 0.15) is 32.8 Å². The standard InChI is InChI=1S/C18H30NOSi/c1-18(2,3)16-11-12-19(17(16)14-20-21(4)5)13-15-9-7-6-8-10-15/h6-10,16-17H,11-14H2,1-5H3. The highest BCUT2D eigenvalue weighted by molar-refractivity contribution is 6.48. The van der Waals surface area contributed by atoms with Gasteiger partial charge in [0.2, 0.25) is 9.04 Å². The molecule has 1 aliphatic rings. The van der Waals surface area contributed by atoms with Crippen LogP contribution in [-0.2, 0) is 11.0 Å². The normalized spacial score (nSPS) is 23.9. The van der Waals surface area contributed by atoms with Crippen LogP contribution in [0.5, 0.6) is 0 Å². The van der Waals surface area contributed by atoms with Crippen molar-refractivity contribution in [3.05, 3.63) is 35.9 Å². The van der Waals surface area contributed by atoms with Crippen molar-refractivity contribution in [3.63, 3.8) is 0 Å². The zero-order valence-corrected chi connectivity index (χ0v) is 15.2. The molecule has 1 aromatic rings. The molecule has 0 aliphatic carbocycles. The van der Waals surface area contributed by atoms with E-state index in [2.05, 4.69) is 69.1 Å². The third kappa shape index (κ3) is 4.66. The van der Waals surface area contributed by atoms with E-state index in [0.717, 1.165) is 19.1 Å². The van der Waals surface area contributed by atoms with Crippen molar-refractivity contribution >= 4 is 9.04 Å². The second-order valence-corrected chi connectivity index (χ2v) is 9.61. The molecule has 1 saturated heterocycles. The first-order valence-electron chi connectivity index (χ1n) is 8.09. The zero-order valence-electron chi connectivity index (χ0n) is 14.2. The van der Waals surface area contributed by atoms with Crippen LogP contribution in [-0.4, -0.2) is 33.1 Å². The Bertz CT molecular complexity index is 427. The maximum atomic E-state index is 6.08. The van der Waals surface area contributed by atoms with Crippen LogP contribution in [0, 0.1) is 11.3 Å². The van der Waals surface area contributed by atoms with Crippen LogP contribution in [0.3, 0.4) is 0 Å². The van der Waals surface area contributed by atoms with Gasteiger partial charge in [-0.15, -0.1) is 0 Å². The van der Waals surface area contributed by atoms with Gasteiger partial charge in [-0.2, -0.15) is 0 Å². The van der Waals surface area contributed by atoms with E-state index >= 15 is 0 Å². The molecule has 1 heterocycles. The van der Waals surface area contributed by atoms with E-state index in [-0.39, 0.29) is 0 Å². The second-order valence-electron chi connectivity index (χ2n) is 7.50. The minimum atomic E-state index is -0.612. The van der Waals surface area contributed by atoms with Crippen LogP contribution in [0.4, 0.5) is 0 Å². The van der Waals surface area contributed by atoms with Gasteiger partial charge >= 0.3 is 0 Å². The van der Waals surface area contributed by atoms with Crippen molar-refractivity contribution < 1.29 is 4.43 Å². The van der Waals surface area contributed by atoms with Crippen molar-refractivity contribution in [2.45, 2.75) is 52.9 Å². The van der Waals surface area contributed by atoms with E-state index in [0.29, 0.717) is 11.5 Å². The molecule has 0 aromatic heterocycles. The van der Waals surface area contributed by atoms with Crippen molar-refractivity contribution in [1.29, 1.82) is 0 Å². The second kappa shape index (κ2) is 7.08. The van der Waals surface area contributed by atoms with E-state index < -0.39 is 9.04 Å². The molecular weight excluding hydrogens is 274 g/mol. The SMILES string of the molecule is C[Si](C)OCC1C(C(C)(C)C)CCN1Cc1ccccc1. The van der Waals surface area contributed by atoms with Gasteiger partial charge < -0.3 is 4.43 Å². The fourth-order valence-electron chi connectivity index (χ4n) is 3.42. The number of hydrogen-bond donors (Lipinski definition) is 0. The zero-order chi connectivity index (χ0) is 15.5. The van der Waals surface area contributed by atoms with Crippen LogP contribution in [0.2, 0.25) is 13.1 Å². The topological polar surface area (TPSA) is 12.5 Å². The maximum Gasteiger partial charge on any atom is 0.204 e. The van der Waals surface area contributed by atoms with E-state index in [1.54, 1.807) is 0 Å². The van der Waals surface area contributed by atoms with Crippen LogP contribution in [0.15, 0.2) is 30.3 Å². The van der Waals surface area contributed by atoms with Crippen LogP contribution in [0.25, 0.3) is 0 Å². The Kier molecular flexibility index (Phi) is 5.64. The number of hydrogen-bond acceptors (Lipinski definition) is 2. The molecular formula is C18H30NOSi. The van der Waals surface area contributed by atoms with Gasteiger partial charge in [-0.1, -0.05) is 51.1 Å². The van der Waals surface area contributed by atoms with Gasteiger partial charge in [0.15, 0.2) is 0 Å². The monoisotopic (exact) mass is 304 g/mol. The number of likely N-dealkylation sites (tertiary alicyclic amines) is 1. The smallest absolute Gasteiger partial charge is 0.204 e. The predicted molar refractivity (Wildman–Crippen MR) is 91.6 cm³/mol. The molecule has 2 nitrogen and oxygen atoms in total. The van der Waals surface area contributed by atoms with Crippen molar-refractivity contribution in [2.75, 3.05) is 13.2 Å². The molecule has 0 bridgehead atoms. The summed E-state index contributed by atoms with van der Waals surface area (Å²) in [5.41, 5.74) is 1.77. The van der Waals surface area contributed by atoms with Gasteiger partial charge in [-0.25, -0.2) is 0 Å². The van der Waals surface area contributed by atoms with Crippen molar-refractivity contribution in [3.8, 4) is 0 Å². The van der Waals surface area contributed by atoms with E-state index in [9.17, 15) is 0 Å². The summed E-state index contributed by atoms with van der Waals surface area (Å²) < 4.78 is 6.08. The van der Waals surface area contributed by atoms with Gasteiger partial charge in [-0.3, -0.25) is 4.90 Å². The first-order chi connectivity index (χ1) is 9.88. The van der Waals surface area contributed by atoms with Gasteiger partial charge in [-0.05, 0) is 43.0 Å². The summed E-state index contributed by atoms with van der Waals surface area (Å²) in [6, 6.07) is 11.4. The first kappa shape index (κ1) is 16.7. The Balaban J connectivity index is 2.08. The highest BCUT2D eigenvalue weighted by atomic mass is 28.3. The van der Waals surface area contributed by atoms with E-state index in [1.165, 1.54) is 18.5 Å². The Morgan fingerprint density at radius 3 is 2.43 bits per heavy atom. The summed E-state index contributed by atoms with van der Waals surface area (Å²) in [5, 5.41) is 0. The third-order valence-electron chi connectivity index (χ3n) is 4.54. The number of nitrogens with zero attached hydrogens (tertiary/aromatic N) is 1. The predicted octanol–water partition coefficient (Wildman–Crippen LogP) is 4.19. The van der Waals surface area contributed by atoms with Crippen molar-refractivity contribution in [2.24, 2.45) is 11.3 Å². The Morgan fingerprint density at radius 2 is 1.86 bits per heavy atom. The van der Waals surface area contributed by atoms with E-state index in [4.69, 9.17) is 4.43 Å². The van der Waals surface area contributed by atoms with Crippen LogP contribution < -0.4 is 0 Å². The average Bonchev–Trinajstić information content (AvgIpc) is 2.80. The molecule has 0 N–H and O–H groups in total. The largest absolute Gasteiger partial charge is 0.416 e. The summed E-state index contributed by atoms with van der Waals surface area (Å²) in [6.07, 6.45) is 1.29. The molecule has 2 rings (SSSR count). The lowest BCUT2D eigenvalue weighted by Crippen LogP contribution is -2.41. The summed E-state index contributed by atoms with van der Waals surface area (Å²) >= 11 is 0. The maximum absolute atomic E-state index is 6.08.